The molecule has 0 fully saturated rings. The third-order valence-electron chi connectivity index (χ3n) is 6.14. The third-order valence-corrected chi connectivity index (χ3v) is 6.14. The lowest BCUT2D eigenvalue weighted by Crippen LogP contribution is -2.15. The Morgan fingerprint density at radius 1 is 0.882 bits per heavy atom. The molecule has 180 valence electrons. The first-order chi connectivity index (χ1) is 15.8. The Bertz CT molecular complexity index is 1430. The van der Waals surface area contributed by atoms with Crippen LogP contribution in [0.25, 0.3) is 21.9 Å². The van der Waals surface area contributed by atoms with Crippen LogP contribution < -0.4 is 5.43 Å². The molecular formula is C28H32O6. The number of hydrogen-bond acceptors (Lipinski definition) is 6. The molecule has 3 aromatic rings. The first-order valence-electron chi connectivity index (χ1n) is 11.1. The van der Waals surface area contributed by atoms with Crippen LogP contribution in [0.3, 0.4) is 0 Å². The summed E-state index contributed by atoms with van der Waals surface area (Å²) in [5, 5.41) is 43.3. The summed E-state index contributed by atoms with van der Waals surface area (Å²) in [7, 11) is 0. The minimum absolute atomic E-state index is 0.0562. The van der Waals surface area contributed by atoms with Crippen LogP contribution in [0.5, 0.6) is 23.0 Å². The highest BCUT2D eigenvalue weighted by Gasteiger charge is 2.29. The molecule has 0 bridgehead atoms. The van der Waals surface area contributed by atoms with Gasteiger partial charge in [-0.2, -0.15) is 0 Å². The Morgan fingerprint density at radius 3 is 1.97 bits per heavy atom. The van der Waals surface area contributed by atoms with Crippen molar-refractivity contribution in [3.8, 4) is 23.0 Å². The molecule has 0 spiro atoms. The van der Waals surface area contributed by atoms with Gasteiger partial charge in [0.2, 0.25) is 11.2 Å². The molecule has 6 heteroatoms. The SMILES string of the molecule is C=CC(C)(C)c1cc(O)c2oc3c(O)c(O)c(CC=C(C)C)c(CC=C(C)C)c3c(=O)c2c1O. The van der Waals surface area contributed by atoms with Crippen LogP contribution in [0.15, 0.2) is 51.2 Å². The first-order valence-corrected chi connectivity index (χ1v) is 11.1. The second-order valence-corrected chi connectivity index (χ2v) is 9.68. The summed E-state index contributed by atoms with van der Waals surface area (Å²) < 4.78 is 5.80. The number of aromatic hydroxyl groups is 4. The van der Waals surface area contributed by atoms with Crippen LogP contribution in [-0.4, -0.2) is 20.4 Å². The topological polar surface area (TPSA) is 111 Å². The second kappa shape index (κ2) is 8.93. The number of phenols is 4. The molecule has 1 aromatic heterocycles. The lowest BCUT2D eigenvalue weighted by atomic mass is 9.83. The van der Waals surface area contributed by atoms with E-state index in [1.54, 1.807) is 19.9 Å². The van der Waals surface area contributed by atoms with E-state index in [1.807, 2.05) is 39.8 Å². The summed E-state index contributed by atoms with van der Waals surface area (Å²) in [5.41, 5.74) is 1.39. The first kappa shape index (κ1) is 25.0. The molecule has 0 radical (unpaired) electrons. The number of allylic oxidation sites excluding steroid dienone is 5. The molecule has 0 aliphatic heterocycles. The van der Waals surface area contributed by atoms with Crippen LogP contribution in [0.2, 0.25) is 0 Å². The lowest BCUT2D eigenvalue weighted by molar-refractivity contribution is 0.396. The largest absolute Gasteiger partial charge is 0.507 e. The highest BCUT2D eigenvalue weighted by atomic mass is 16.4. The van der Waals surface area contributed by atoms with E-state index in [0.717, 1.165) is 11.1 Å². The van der Waals surface area contributed by atoms with Crippen LogP contribution in [0.1, 0.15) is 58.2 Å². The maximum atomic E-state index is 13.9. The normalized spacial score (nSPS) is 11.6. The number of benzene rings is 2. The molecule has 1 heterocycles. The molecule has 3 rings (SSSR count). The van der Waals surface area contributed by atoms with Gasteiger partial charge in [-0.1, -0.05) is 43.2 Å². The van der Waals surface area contributed by atoms with E-state index in [-0.39, 0.29) is 39.2 Å². The molecule has 4 N–H and O–H groups in total. The minimum atomic E-state index is -0.742. The average molecular weight is 465 g/mol. The van der Waals surface area contributed by atoms with Crippen molar-refractivity contribution in [1.29, 1.82) is 0 Å². The van der Waals surface area contributed by atoms with Crippen LogP contribution in [-0.2, 0) is 18.3 Å². The van der Waals surface area contributed by atoms with Gasteiger partial charge in [0.25, 0.3) is 0 Å². The zero-order valence-corrected chi connectivity index (χ0v) is 20.5. The van der Waals surface area contributed by atoms with Gasteiger partial charge in [-0.15, -0.1) is 6.58 Å². The number of rotatable bonds is 6. The van der Waals surface area contributed by atoms with E-state index in [1.165, 1.54) is 6.07 Å². The Kier molecular flexibility index (Phi) is 6.56. The fraction of sp³-hybridized carbons (Fsp3) is 0.321. The Balaban J connectivity index is 2.60. The maximum Gasteiger partial charge on any atom is 0.204 e. The molecule has 0 aliphatic rings. The van der Waals surface area contributed by atoms with Gasteiger partial charge in [-0.3, -0.25) is 4.79 Å². The molecule has 2 aromatic carbocycles. The van der Waals surface area contributed by atoms with Crippen molar-refractivity contribution in [3.05, 3.63) is 68.9 Å². The van der Waals surface area contributed by atoms with Gasteiger partial charge in [0.15, 0.2) is 22.7 Å². The van der Waals surface area contributed by atoms with E-state index in [4.69, 9.17) is 4.42 Å². The van der Waals surface area contributed by atoms with Crippen molar-refractivity contribution < 1.29 is 24.8 Å². The van der Waals surface area contributed by atoms with Crippen molar-refractivity contribution in [2.45, 2.75) is 59.8 Å². The Hall–Kier alpha value is -3.67. The zero-order valence-electron chi connectivity index (χ0n) is 20.5. The van der Waals surface area contributed by atoms with Gasteiger partial charge in [0, 0.05) is 16.5 Å². The average Bonchev–Trinajstić information content (AvgIpc) is 2.76. The van der Waals surface area contributed by atoms with E-state index >= 15 is 0 Å². The summed E-state index contributed by atoms with van der Waals surface area (Å²) in [6, 6.07) is 1.32. The molecule has 0 saturated carbocycles. The molecular weight excluding hydrogens is 432 g/mol. The summed E-state index contributed by atoms with van der Waals surface area (Å²) in [4.78, 5) is 13.9. The van der Waals surface area contributed by atoms with Crippen LogP contribution >= 0.6 is 0 Å². The molecule has 6 nitrogen and oxygen atoms in total. The van der Waals surface area contributed by atoms with Gasteiger partial charge in [0.1, 0.15) is 11.1 Å². The van der Waals surface area contributed by atoms with Gasteiger partial charge < -0.3 is 24.8 Å². The predicted molar refractivity (Wildman–Crippen MR) is 136 cm³/mol. The summed E-state index contributed by atoms with van der Waals surface area (Å²) in [5.74, 6) is -1.64. The van der Waals surface area contributed by atoms with Gasteiger partial charge >= 0.3 is 0 Å². The van der Waals surface area contributed by atoms with E-state index in [0.29, 0.717) is 29.5 Å². The monoisotopic (exact) mass is 464 g/mol. The number of phenolic OH excluding ortho intramolecular Hbond substituents is 4. The van der Waals surface area contributed by atoms with E-state index in [2.05, 4.69) is 6.58 Å². The Labute approximate surface area is 198 Å². The fourth-order valence-corrected chi connectivity index (χ4v) is 3.98. The van der Waals surface area contributed by atoms with Crippen LogP contribution in [0.4, 0.5) is 0 Å². The summed E-state index contributed by atoms with van der Waals surface area (Å²) in [6.07, 6.45) is 6.01. The standard InChI is InChI=1S/C28H32O6/c1-8-28(6,7)18-13-19(29)26-21(23(18)31)24(32)20-16(11-9-14(2)3)17(12-10-15(4)5)22(30)25(33)27(20)34-26/h8-10,13,29-31,33H,1,11-12H2,2-7H3. The zero-order chi connectivity index (χ0) is 25.5. The Morgan fingerprint density at radius 2 is 1.44 bits per heavy atom. The maximum absolute atomic E-state index is 13.9. The molecule has 0 amide bonds. The van der Waals surface area contributed by atoms with E-state index in [9.17, 15) is 25.2 Å². The summed E-state index contributed by atoms with van der Waals surface area (Å²) >= 11 is 0. The lowest BCUT2D eigenvalue weighted by Gasteiger charge is -2.23. The molecule has 0 aliphatic carbocycles. The van der Waals surface area contributed by atoms with Crippen molar-refractivity contribution in [3.63, 3.8) is 0 Å². The number of fused-ring (bicyclic) bond motifs is 2. The quantitative estimate of drug-likeness (QED) is 0.148. The van der Waals surface area contributed by atoms with E-state index < -0.39 is 16.6 Å². The van der Waals surface area contributed by atoms with Crippen LogP contribution in [0, 0.1) is 0 Å². The molecule has 0 saturated heterocycles. The highest BCUT2D eigenvalue weighted by Crippen LogP contribution is 2.45. The van der Waals surface area contributed by atoms with Crippen molar-refractivity contribution in [1.82, 2.24) is 0 Å². The summed E-state index contributed by atoms with van der Waals surface area (Å²) in [6.45, 7) is 15.1. The predicted octanol–water partition coefficient (Wildman–Crippen LogP) is 6.25. The van der Waals surface area contributed by atoms with Gasteiger partial charge in [0.05, 0.1) is 5.39 Å². The fourth-order valence-electron chi connectivity index (χ4n) is 3.98. The molecule has 0 unspecified atom stereocenters. The molecule has 0 atom stereocenters. The minimum Gasteiger partial charge on any atom is -0.507 e. The van der Waals surface area contributed by atoms with Crippen molar-refractivity contribution >= 4 is 21.9 Å². The third kappa shape index (κ3) is 4.16. The van der Waals surface area contributed by atoms with Gasteiger partial charge in [-0.05, 0) is 52.2 Å². The highest BCUT2D eigenvalue weighted by molar-refractivity contribution is 6.01. The smallest absolute Gasteiger partial charge is 0.204 e. The second-order valence-electron chi connectivity index (χ2n) is 9.68. The van der Waals surface area contributed by atoms with Crippen molar-refractivity contribution in [2.24, 2.45) is 0 Å². The molecule has 34 heavy (non-hydrogen) atoms. The van der Waals surface area contributed by atoms with Crippen molar-refractivity contribution in [2.75, 3.05) is 0 Å². The van der Waals surface area contributed by atoms with Gasteiger partial charge in [-0.25, -0.2) is 0 Å². The number of hydrogen-bond donors (Lipinski definition) is 4.